The number of nitrogens with one attached hydrogen (secondary N) is 3. The molecule has 0 saturated carbocycles. The number of aromatic nitrogens is 1. The van der Waals surface area contributed by atoms with Crippen LogP contribution in [0.1, 0.15) is 31.4 Å². The molecule has 2 amide bonds. The second-order valence-electron chi connectivity index (χ2n) is 9.20. The van der Waals surface area contributed by atoms with Gasteiger partial charge in [0.15, 0.2) is 0 Å². The first-order chi connectivity index (χ1) is 17.5. The summed E-state index contributed by atoms with van der Waals surface area (Å²) >= 11 is 0. The molecule has 13 heteroatoms. The summed E-state index contributed by atoms with van der Waals surface area (Å²) in [5.41, 5.74) is -0.0500. The minimum Gasteiger partial charge on any atom is -0.350 e. The molecule has 3 N–H and O–H groups in total. The Labute approximate surface area is 213 Å². The van der Waals surface area contributed by atoms with Crippen LogP contribution in [0.15, 0.2) is 36.7 Å². The molecular formula is C24H30F3N5O4S. The zero-order chi connectivity index (χ0) is 27.2. The Hall–Kier alpha value is -3.03. The monoisotopic (exact) mass is 541 g/mol. The van der Waals surface area contributed by atoms with Gasteiger partial charge < -0.3 is 16.0 Å². The highest BCUT2D eigenvalue weighted by Gasteiger charge is 2.39. The van der Waals surface area contributed by atoms with Gasteiger partial charge >= 0.3 is 0 Å². The Morgan fingerprint density at radius 3 is 2.54 bits per heavy atom. The summed E-state index contributed by atoms with van der Waals surface area (Å²) in [6.07, 6.45) is 3.49. The van der Waals surface area contributed by atoms with Crippen molar-refractivity contribution in [3.8, 4) is 0 Å². The van der Waals surface area contributed by atoms with Crippen LogP contribution in [0.2, 0.25) is 0 Å². The van der Waals surface area contributed by atoms with E-state index < -0.39 is 62.7 Å². The molecule has 37 heavy (non-hydrogen) atoms. The van der Waals surface area contributed by atoms with E-state index in [9.17, 15) is 31.2 Å². The number of sulfonamides is 1. The number of halogens is 3. The van der Waals surface area contributed by atoms with E-state index in [1.165, 1.54) is 0 Å². The number of hydrogen-bond acceptors (Lipinski definition) is 6. The number of amides is 2. The average molecular weight is 542 g/mol. The van der Waals surface area contributed by atoms with Crippen LogP contribution in [0.5, 0.6) is 0 Å². The van der Waals surface area contributed by atoms with Gasteiger partial charge in [-0.25, -0.2) is 21.6 Å². The second-order valence-corrected chi connectivity index (χ2v) is 11.1. The van der Waals surface area contributed by atoms with E-state index in [4.69, 9.17) is 0 Å². The molecule has 1 fully saturated rings. The smallest absolute Gasteiger partial charge is 0.242 e. The number of carbonyl (C=O) groups is 2. The molecule has 2 unspecified atom stereocenters. The fraction of sp³-hybridized carbons (Fsp3) is 0.458. The molecule has 0 bridgehead atoms. The third kappa shape index (κ3) is 7.73. The van der Waals surface area contributed by atoms with E-state index in [1.807, 2.05) is 13.8 Å². The molecule has 1 saturated heterocycles. The summed E-state index contributed by atoms with van der Waals surface area (Å²) in [5, 5.41) is 8.32. The van der Waals surface area contributed by atoms with Crippen molar-refractivity contribution in [1.82, 2.24) is 25.2 Å². The van der Waals surface area contributed by atoms with Crippen molar-refractivity contribution in [3.63, 3.8) is 0 Å². The van der Waals surface area contributed by atoms with Crippen LogP contribution in [0.3, 0.4) is 0 Å². The van der Waals surface area contributed by atoms with Crippen molar-refractivity contribution in [2.45, 2.75) is 44.6 Å². The molecule has 1 aromatic heterocycles. The van der Waals surface area contributed by atoms with E-state index >= 15 is 0 Å². The summed E-state index contributed by atoms with van der Waals surface area (Å²) in [6, 6.07) is 2.11. The largest absolute Gasteiger partial charge is 0.350 e. The number of hydrogen-bond donors (Lipinski definition) is 3. The van der Waals surface area contributed by atoms with Gasteiger partial charge in [0, 0.05) is 56.3 Å². The number of nitrogens with zero attached hydrogens (tertiary/aromatic N) is 2. The van der Waals surface area contributed by atoms with Crippen molar-refractivity contribution in [1.29, 1.82) is 0 Å². The van der Waals surface area contributed by atoms with Gasteiger partial charge in [0.2, 0.25) is 21.8 Å². The lowest BCUT2D eigenvalue weighted by molar-refractivity contribution is -0.131. The summed E-state index contributed by atoms with van der Waals surface area (Å²) in [7, 11) is -4.39. The molecule has 2 aromatic rings. The first-order valence-corrected chi connectivity index (χ1v) is 13.4. The van der Waals surface area contributed by atoms with Gasteiger partial charge in [-0.2, -0.15) is 4.31 Å². The summed E-state index contributed by atoms with van der Waals surface area (Å²) in [6.45, 7) is 3.95. The van der Waals surface area contributed by atoms with Crippen LogP contribution >= 0.6 is 0 Å². The van der Waals surface area contributed by atoms with Crippen LogP contribution < -0.4 is 16.0 Å². The fourth-order valence-corrected chi connectivity index (χ4v) is 5.74. The minimum absolute atomic E-state index is 0.0307. The molecule has 3 rings (SSSR count). The number of carbonyl (C=O) groups excluding carboxylic acids is 2. The van der Waals surface area contributed by atoms with Crippen LogP contribution in [0, 0.1) is 23.4 Å². The maximum Gasteiger partial charge on any atom is 0.242 e. The highest BCUT2D eigenvalue weighted by Crippen LogP contribution is 2.21. The quantitative estimate of drug-likeness (QED) is 0.419. The first kappa shape index (κ1) is 28.5. The van der Waals surface area contributed by atoms with Crippen molar-refractivity contribution >= 4 is 21.8 Å². The van der Waals surface area contributed by atoms with E-state index in [0.717, 1.165) is 9.87 Å². The van der Waals surface area contributed by atoms with Crippen molar-refractivity contribution in [2.75, 3.05) is 19.6 Å². The van der Waals surface area contributed by atoms with Crippen LogP contribution in [0.4, 0.5) is 13.2 Å². The SMILES string of the molecule is CC(C)CC(NC(=O)C1CNCCN1S(=O)(=O)Cc1c(F)cc(F)cc1F)C(=O)NCc1cccnc1. The van der Waals surface area contributed by atoms with Crippen molar-refractivity contribution < 1.29 is 31.2 Å². The van der Waals surface area contributed by atoms with Crippen LogP contribution in [0.25, 0.3) is 0 Å². The molecule has 2 atom stereocenters. The standard InChI is InChI=1S/C24H30F3N5O4S/c1-15(2)8-21(23(33)30-12-16-4-3-5-28-11-16)31-24(34)22-13-29-6-7-32(22)37(35,36)14-18-19(26)9-17(25)10-20(18)27/h3-5,9-11,15,21-22,29H,6-8,12-14H2,1-2H3,(H,30,33)(H,31,34). The van der Waals surface area contributed by atoms with E-state index in [-0.39, 0.29) is 32.1 Å². The highest BCUT2D eigenvalue weighted by atomic mass is 32.2. The Balaban J connectivity index is 1.75. The minimum atomic E-state index is -4.39. The predicted molar refractivity (Wildman–Crippen MR) is 130 cm³/mol. The predicted octanol–water partition coefficient (Wildman–Crippen LogP) is 1.45. The Kier molecular flexibility index (Phi) is 9.62. The second kappa shape index (κ2) is 12.5. The highest BCUT2D eigenvalue weighted by molar-refractivity contribution is 7.88. The molecule has 1 aliphatic heterocycles. The summed E-state index contributed by atoms with van der Waals surface area (Å²) in [5.74, 6) is -6.07. The van der Waals surface area contributed by atoms with E-state index in [0.29, 0.717) is 18.6 Å². The van der Waals surface area contributed by atoms with Gasteiger partial charge in [-0.1, -0.05) is 19.9 Å². The molecular weight excluding hydrogens is 511 g/mol. The maximum absolute atomic E-state index is 14.1. The normalized spacial score (nSPS) is 17.4. The zero-order valence-corrected chi connectivity index (χ0v) is 21.3. The lowest BCUT2D eigenvalue weighted by Gasteiger charge is -2.35. The lowest BCUT2D eigenvalue weighted by Crippen LogP contribution is -2.61. The van der Waals surface area contributed by atoms with E-state index in [2.05, 4.69) is 20.9 Å². The zero-order valence-electron chi connectivity index (χ0n) is 20.5. The first-order valence-electron chi connectivity index (χ1n) is 11.8. The van der Waals surface area contributed by atoms with Gasteiger partial charge in [0.05, 0.1) is 5.75 Å². The molecule has 0 radical (unpaired) electrons. The van der Waals surface area contributed by atoms with Gasteiger partial charge in [0.1, 0.15) is 29.5 Å². The molecule has 2 heterocycles. The van der Waals surface area contributed by atoms with Crippen LogP contribution in [-0.2, 0) is 31.9 Å². The maximum atomic E-state index is 14.1. The van der Waals surface area contributed by atoms with E-state index in [1.54, 1.807) is 24.5 Å². The van der Waals surface area contributed by atoms with Gasteiger partial charge in [-0.05, 0) is 24.0 Å². The molecule has 9 nitrogen and oxygen atoms in total. The van der Waals surface area contributed by atoms with Gasteiger partial charge in [-0.15, -0.1) is 0 Å². The molecule has 1 aromatic carbocycles. The Morgan fingerprint density at radius 2 is 1.92 bits per heavy atom. The number of benzene rings is 1. The third-order valence-electron chi connectivity index (χ3n) is 5.82. The van der Waals surface area contributed by atoms with Crippen LogP contribution in [-0.4, -0.2) is 61.2 Å². The Bertz CT molecular complexity index is 1190. The number of rotatable bonds is 10. The summed E-state index contributed by atoms with van der Waals surface area (Å²) in [4.78, 5) is 30.1. The molecule has 202 valence electrons. The molecule has 1 aliphatic rings. The molecule has 0 spiro atoms. The fourth-order valence-electron chi connectivity index (χ4n) is 4.00. The summed E-state index contributed by atoms with van der Waals surface area (Å²) < 4.78 is 68.6. The Morgan fingerprint density at radius 1 is 1.22 bits per heavy atom. The number of pyridine rings is 1. The third-order valence-corrected chi connectivity index (χ3v) is 7.62. The average Bonchev–Trinajstić information content (AvgIpc) is 2.84. The topological polar surface area (TPSA) is 121 Å². The van der Waals surface area contributed by atoms with Gasteiger partial charge in [-0.3, -0.25) is 14.6 Å². The molecule has 0 aliphatic carbocycles. The lowest BCUT2D eigenvalue weighted by atomic mass is 10.0. The van der Waals surface area contributed by atoms with Crippen molar-refractivity contribution in [2.24, 2.45) is 5.92 Å². The number of piperazine rings is 1. The van der Waals surface area contributed by atoms with Gasteiger partial charge in [0.25, 0.3) is 0 Å². The van der Waals surface area contributed by atoms with Crippen molar-refractivity contribution in [3.05, 3.63) is 65.2 Å².